The molecule has 0 bridgehead atoms. The van der Waals surface area contributed by atoms with Crippen LogP contribution < -0.4 is 0 Å². The molecule has 1 nitrogen and oxygen atoms in total. The molecule has 0 N–H and O–H groups in total. The molecule has 21 heavy (non-hydrogen) atoms. The summed E-state index contributed by atoms with van der Waals surface area (Å²) in [6, 6.07) is 16.9. The molecule has 0 aliphatic heterocycles. The number of alkyl halides is 1. The van der Waals surface area contributed by atoms with E-state index in [0.717, 1.165) is 42.0 Å². The van der Waals surface area contributed by atoms with E-state index >= 15 is 0 Å². The van der Waals surface area contributed by atoms with E-state index in [2.05, 4.69) is 76.3 Å². The second-order valence-electron chi connectivity index (χ2n) is 5.29. The Balaban J connectivity index is 2.10. The monoisotopic (exact) mass is 365 g/mol. The third kappa shape index (κ3) is 5.14. The third-order valence-electron chi connectivity index (χ3n) is 3.52. The second-order valence-corrected chi connectivity index (χ2v) is 6.46. The summed E-state index contributed by atoms with van der Waals surface area (Å²) >= 11 is 9.96. The van der Waals surface area contributed by atoms with Gasteiger partial charge < -0.3 is 0 Å². The van der Waals surface area contributed by atoms with Crippen molar-refractivity contribution in [3.8, 4) is 0 Å². The summed E-state index contributed by atoms with van der Waals surface area (Å²) in [7, 11) is 0. The van der Waals surface area contributed by atoms with Crippen LogP contribution in [-0.4, -0.2) is 16.8 Å². The van der Waals surface area contributed by atoms with Crippen LogP contribution >= 0.6 is 27.5 Å². The van der Waals surface area contributed by atoms with Gasteiger partial charge in [0.15, 0.2) is 0 Å². The van der Waals surface area contributed by atoms with Gasteiger partial charge in [-0.15, -0.1) is 0 Å². The Labute approximate surface area is 141 Å². The molecule has 0 saturated heterocycles. The van der Waals surface area contributed by atoms with E-state index in [4.69, 9.17) is 11.6 Å². The highest BCUT2D eigenvalue weighted by atomic mass is 79.9. The molecule has 3 heteroatoms. The molecule has 0 radical (unpaired) electrons. The van der Waals surface area contributed by atoms with Crippen molar-refractivity contribution in [2.24, 2.45) is 0 Å². The molecule has 2 rings (SSSR count). The Morgan fingerprint density at radius 1 is 1.00 bits per heavy atom. The lowest BCUT2D eigenvalue weighted by Crippen LogP contribution is -2.24. The molecule has 0 spiro atoms. The highest BCUT2D eigenvalue weighted by Crippen LogP contribution is 2.22. The second kappa shape index (κ2) is 8.57. The van der Waals surface area contributed by atoms with Gasteiger partial charge in [0, 0.05) is 23.4 Å². The minimum absolute atomic E-state index is 0.891. The Kier molecular flexibility index (Phi) is 6.75. The van der Waals surface area contributed by atoms with Crippen molar-refractivity contribution < 1.29 is 0 Å². The largest absolute Gasteiger partial charge is 0.295 e. The fraction of sp³-hybridized carbons (Fsp3) is 0.333. The molecular formula is C18H21BrClN. The van der Waals surface area contributed by atoms with E-state index in [1.165, 1.54) is 11.1 Å². The molecule has 0 aromatic heterocycles. The van der Waals surface area contributed by atoms with Crippen LogP contribution in [0.2, 0.25) is 5.02 Å². The smallest absolute Gasteiger partial charge is 0.0480 e. The van der Waals surface area contributed by atoms with Crippen molar-refractivity contribution in [3.05, 3.63) is 70.2 Å². The topological polar surface area (TPSA) is 3.24 Å². The number of hydrogen-bond acceptors (Lipinski definition) is 1. The van der Waals surface area contributed by atoms with Gasteiger partial charge in [-0.3, -0.25) is 4.90 Å². The zero-order valence-corrected chi connectivity index (χ0v) is 14.7. The average molecular weight is 367 g/mol. The van der Waals surface area contributed by atoms with Crippen LogP contribution in [0.3, 0.4) is 0 Å². The molecule has 2 aromatic rings. The number of rotatable bonds is 7. The summed E-state index contributed by atoms with van der Waals surface area (Å²) in [6.45, 7) is 4.97. The molecule has 112 valence electrons. The Bertz CT molecular complexity index is 556. The summed E-state index contributed by atoms with van der Waals surface area (Å²) in [5, 5.41) is 1.93. The summed E-state index contributed by atoms with van der Waals surface area (Å²) < 4.78 is 0. The number of nitrogens with zero attached hydrogens (tertiary/aromatic N) is 1. The molecule has 0 saturated carbocycles. The first-order valence-electron chi connectivity index (χ1n) is 7.27. The minimum Gasteiger partial charge on any atom is -0.295 e. The van der Waals surface area contributed by atoms with Crippen LogP contribution in [0.1, 0.15) is 23.1 Å². The van der Waals surface area contributed by atoms with E-state index in [1.807, 2.05) is 0 Å². The lowest BCUT2D eigenvalue weighted by molar-refractivity contribution is 0.258. The van der Waals surface area contributed by atoms with E-state index in [0.29, 0.717) is 0 Å². The molecule has 0 amide bonds. The van der Waals surface area contributed by atoms with Crippen molar-refractivity contribution in [2.75, 3.05) is 11.9 Å². The van der Waals surface area contributed by atoms with Gasteiger partial charge >= 0.3 is 0 Å². The first-order valence-corrected chi connectivity index (χ1v) is 8.77. The predicted molar refractivity (Wildman–Crippen MR) is 95.2 cm³/mol. The fourth-order valence-electron chi connectivity index (χ4n) is 2.41. The lowest BCUT2D eigenvalue weighted by Gasteiger charge is -2.23. The van der Waals surface area contributed by atoms with Crippen molar-refractivity contribution in [2.45, 2.75) is 26.4 Å². The molecule has 0 atom stereocenters. The van der Waals surface area contributed by atoms with Crippen LogP contribution in [0.4, 0.5) is 0 Å². The van der Waals surface area contributed by atoms with Gasteiger partial charge in [-0.2, -0.15) is 0 Å². The first-order chi connectivity index (χ1) is 10.2. The molecular weight excluding hydrogens is 346 g/mol. The maximum Gasteiger partial charge on any atom is 0.0480 e. The highest BCUT2D eigenvalue weighted by molar-refractivity contribution is 9.09. The molecule has 0 fully saturated rings. The highest BCUT2D eigenvalue weighted by Gasteiger charge is 2.10. The van der Waals surface area contributed by atoms with E-state index < -0.39 is 0 Å². The van der Waals surface area contributed by atoms with Gasteiger partial charge in [-0.1, -0.05) is 76.1 Å². The van der Waals surface area contributed by atoms with Gasteiger partial charge in [0.2, 0.25) is 0 Å². The zero-order chi connectivity index (χ0) is 15.1. The maximum absolute atomic E-state index is 6.44. The van der Waals surface area contributed by atoms with Crippen molar-refractivity contribution >= 4 is 27.5 Å². The van der Waals surface area contributed by atoms with Gasteiger partial charge in [-0.05, 0) is 36.6 Å². The molecule has 0 aliphatic rings. The fourth-order valence-corrected chi connectivity index (χ4v) is 2.85. The van der Waals surface area contributed by atoms with Gasteiger partial charge in [0.1, 0.15) is 0 Å². The van der Waals surface area contributed by atoms with Crippen LogP contribution in [-0.2, 0) is 13.1 Å². The van der Waals surface area contributed by atoms with Crippen molar-refractivity contribution in [1.82, 2.24) is 4.90 Å². The number of aryl methyl sites for hydroxylation is 1. The molecule has 2 aromatic carbocycles. The number of halogens is 2. The van der Waals surface area contributed by atoms with Crippen molar-refractivity contribution in [1.29, 1.82) is 0 Å². The average Bonchev–Trinajstić information content (AvgIpc) is 2.50. The summed E-state index contributed by atoms with van der Waals surface area (Å²) in [5.41, 5.74) is 3.70. The lowest BCUT2D eigenvalue weighted by atomic mass is 10.1. The van der Waals surface area contributed by atoms with Crippen molar-refractivity contribution in [3.63, 3.8) is 0 Å². The van der Waals surface area contributed by atoms with Crippen LogP contribution in [0, 0.1) is 6.92 Å². The first kappa shape index (κ1) is 16.5. The van der Waals surface area contributed by atoms with Crippen LogP contribution in [0.5, 0.6) is 0 Å². The summed E-state index contributed by atoms with van der Waals surface area (Å²) in [6.07, 6.45) is 1.14. The Morgan fingerprint density at radius 3 is 2.48 bits per heavy atom. The van der Waals surface area contributed by atoms with Gasteiger partial charge in [0.05, 0.1) is 0 Å². The third-order valence-corrected chi connectivity index (χ3v) is 4.62. The molecule has 0 unspecified atom stereocenters. The number of hydrogen-bond donors (Lipinski definition) is 0. The van der Waals surface area contributed by atoms with Crippen LogP contribution in [0.15, 0.2) is 48.5 Å². The minimum atomic E-state index is 0.891. The molecule has 0 aliphatic carbocycles. The molecule has 0 heterocycles. The quantitative estimate of drug-likeness (QED) is 0.590. The zero-order valence-electron chi connectivity index (χ0n) is 12.4. The standard InChI is InChI=1S/C18H21BrClN/c1-15-7-5-10-17(18(15)20)14-21(12-6-11-19)13-16-8-3-2-4-9-16/h2-5,7-10H,6,11-14H2,1H3. The Hall–Kier alpha value is -0.830. The van der Waals surface area contributed by atoms with E-state index in [9.17, 15) is 0 Å². The number of benzene rings is 2. The summed E-state index contributed by atoms with van der Waals surface area (Å²) in [5.74, 6) is 0. The predicted octanol–water partition coefficient (Wildman–Crippen LogP) is 5.44. The van der Waals surface area contributed by atoms with E-state index in [1.54, 1.807) is 0 Å². The van der Waals surface area contributed by atoms with Gasteiger partial charge in [-0.25, -0.2) is 0 Å². The van der Waals surface area contributed by atoms with Gasteiger partial charge in [0.25, 0.3) is 0 Å². The normalized spacial score (nSPS) is 11.0. The summed E-state index contributed by atoms with van der Waals surface area (Å²) in [4.78, 5) is 2.46. The maximum atomic E-state index is 6.44. The Morgan fingerprint density at radius 2 is 1.76 bits per heavy atom. The SMILES string of the molecule is Cc1cccc(CN(CCCBr)Cc2ccccc2)c1Cl. The van der Waals surface area contributed by atoms with Crippen LogP contribution in [0.25, 0.3) is 0 Å². The van der Waals surface area contributed by atoms with E-state index in [-0.39, 0.29) is 0 Å².